The largest absolute Gasteiger partial charge is 0.417 e. The molecule has 3 aromatic heterocycles. The van der Waals surface area contributed by atoms with Crippen molar-refractivity contribution in [3.63, 3.8) is 0 Å². The second-order valence-electron chi connectivity index (χ2n) is 6.08. The van der Waals surface area contributed by atoms with Crippen LogP contribution in [0.3, 0.4) is 0 Å². The lowest BCUT2D eigenvalue weighted by atomic mass is 10.1. The smallest absolute Gasteiger partial charge is 0.341 e. The maximum atomic E-state index is 13.0. The summed E-state index contributed by atoms with van der Waals surface area (Å²) < 4.78 is 40.4. The number of piperidine rings is 1. The molecule has 0 spiro atoms. The highest BCUT2D eigenvalue weighted by molar-refractivity contribution is 5.61. The van der Waals surface area contributed by atoms with Gasteiger partial charge in [-0.15, -0.1) is 0 Å². The van der Waals surface area contributed by atoms with Crippen molar-refractivity contribution < 1.29 is 13.2 Å². The van der Waals surface area contributed by atoms with E-state index in [0.29, 0.717) is 23.0 Å². The third-order valence-corrected chi connectivity index (χ3v) is 4.38. The Hall–Kier alpha value is -2.64. The minimum absolute atomic E-state index is 0.445. The molecule has 4 heterocycles. The summed E-state index contributed by atoms with van der Waals surface area (Å²) in [5, 5.41) is 0. The van der Waals surface area contributed by atoms with E-state index in [-0.39, 0.29) is 0 Å². The normalized spacial score (nSPS) is 15.7. The van der Waals surface area contributed by atoms with Gasteiger partial charge in [0.15, 0.2) is 0 Å². The summed E-state index contributed by atoms with van der Waals surface area (Å²) in [6.45, 7) is 1.80. The van der Waals surface area contributed by atoms with Crippen molar-refractivity contribution >= 4 is 11.6 Å². The first-order valence-electron chi connectivity index (χ1n) is 8.15. The molecule has 0 saturated carbocycles. The first-order chi connectivity index (χ1) is 12.0. The van der Waals surface area contributed by atoms with Gasteiger partial charge in [0.25, 0.3) is 0 Å². The Morgan fingerprint density at radius 1 is 0.960 bits per heavy atom. The van der Waals surface area contributed by atoms with E-state index < -0.39 is 11.7 Å². The van der Waals surface area contributed by atoms with Crippen LogP contribution >= 0.6 is 0 Å². The second kappa shape index (κ2) is 6.02. The van der Waals surface area contributed by atoms with Crippen molar-refractivity contribution in [1.82, 2.24) is 19.4 Å². The van der Waals surface area contributed by atoms with Crippen molar-refractivity contribution in [2.24, 2.45) is 0 Å². The number of anilines is 1. The zero-order valence-corrected chi connectivity index (χ0v) is 13.4. The molecule has 0 radical (unpaired) electrons. The van der Waals surface area contributed by atoms with Gasteiger partial charge in [-0.2, -0.15) is 13.2 Å². The minimum atomic E-state index is -4.40. The lowest BCUT2D eigenvalue weighted by Gasteiger charge is -2.26. The Balaban J connectivity index is 1.76. The molecule has 0 aromatic carbocycles. The summed E-state index contributed by atoms with van der Waals surface area (Å²) >= 11 is 0. The van der Waals surface area contributed by atoms with E-state index in [4.69, 9.17) is 0 Å². The zero-order valence-electron chi connectivity index (χ0n) is 13.4. The monoisotopic (exact) mass is 347 g/mol. The molecule has 4 rings (SSSR count). The van der Waals surface area contributed by atoms with Crippen molar-refractivity contribution in [1.29, 1.82) is 0 Å². The van der Waals surface area contributed by atoms with Gasteiger partial charge in [-0.25, -0.2) is 15.0 Å². The molecule has 1 fully saturated rings. The first-order valence-corrected chi connectivity index (χ1v) is 8.15. The van der Waals surface area contributed by atoms with Gasteiger partial charge in [-0.3, -0.25) is 4.40 Å². The molecule has 130 valence electrons. The fourth-order valence-corrected chi connectivity index (χ4v) is 3.08. The highest BCUT2D eigenvalue weighted by Gasteiger charge is 2.31. The van der Waals surface area contributed by atoms with E-state index >= 15 is 0 Å². The lowest BCUT2D eigenvalue weighted by molar-refractivity contribution is -0.137. The summed E-state index contributed by atoms with van der Waals surface area (Å²) in [6, 6.07) is 4.08. The van der Waals surface area contributed by atoms with Gasteiger partial charge >= 0.3 is 6.18 Å². The Morgan fingerprint density at radius 3 is 2.52 bits per heavy atom. The minimum Gasteiger partial charge on any atom is -0.341 e. The number of nitrogens with zero attached hydrogens (tertiary/aromatic N) is 5. The summed E-state index contributed by atoms with van der Waals surface area (Å²) in [7, 11) is 0. The van der Waals surface area contributed by atoms with Gasteiger partial charge < -0.3 is 4.90 Å². The number of aromatic nitrogens is 4. The molecule has 1 aliphatic heterocycles. The standard InChI is InChI=1S/C17H16F3N5/c18-17(19,20)12-4-5-15-22-10-14(25(15)11-12)13-6-7-21-16(23-13)24-8-2-1-3-9-24/h4-7,10-11H,1-3,8-9H2. The molecule has 3 aromatic rings. The van der Waals surface area contributed by atoms with Crippen molar-refractivity contribution in [2.75, 3.05) is 18.0 Å². The number of fused-ring (bicyclic) bond motifs is 1. The van der Waals surface area contributed by atoms with Gasteiger partial charge in [0, 0.05) is 25.5 Å². The maximum absolute atomic E-state index is 13.0. The van der Waals surface area contributed by atoms with Crippen LogP contribution in [0.15, 0.2) is 36.8 Å². The van der Waals surface area contributed by atoms with Crippen LogP contribution in [0, 0.1) is 0 Å². The van der Waals surface area contributed by atoms with Crippen LogP contribution in [0.5, 0.6) is 0 Å². The van der Waals surface area contributed by atoms with Gasteiger partial charge in [-0.1, -0.05) is 0 Å². The van der Waals surface area contributed by atoms with Crippen molar-refractivity contribution in [3.05, 3.63) is 42.4 Å². The zero-order chi connectivity index (χ0) is 17.4. The molecule has 0 bridgehead atoms. The number of pyridine rings is 1. The van der Waals surface area contributed by atoms with E-state index in [2.05, 4.69) is 19.9 Å². The molecule has 1 aliphatic rings. The average Bonchev–Trinajstić information content (AvgIpc) is 3.05. The number of imidazole rings is 1. The number of hydrogen-bond acceptors (Lipinski definition) is 4. The van der Waals surface area contributed by atoms with Crippen LogP contribution in [-0.2, 0) is 6.18 Å². The second-order valence-corrected chi connectivity index (χ2v) is 6.08. The molecule has 0 aliphatic carbocycles. The molecule has 8 heteroatoms. The van der Waals surface area contributed by atoms with Crippen LogP contribution < -0.4 is 4.90 Å². The first kappa shape index (κ1) is 15.9. The molecule has 0 atom stereocenters. The predicted molar refractivity (Wildman–Crippen MR) is 87.3 cm³/mol. The van der Waals surface area contributed by atoms with Crippen molar-refractivity contribution in [3.8, 4) is 11.4 Å². The molecule has 0 unspecified atom stereocenters. The van der Waals surface area contributed by atoms with Crippen LogP contribution in [0.2, 0.25) is 0 Å². The average molecular weight is 347 g/mol. The molecule has 1 saturated heterocycles. The number of hydrogen-bond donors (Lipinski definition) is 0. The molecular formula is C17H16F3N5. The quantitative estimate of drug-likeness (QED) is 0.707. The Labute approximate surface area is 142 Å². The highest BCUT2D eigenvalue weighted by Crippen LogP contribution is 2.30. The van der Waals surface area contributed by atoms with Crippen molar-refractivity contribution in [2.45, 2.75) is 25.4 Å². The summed E-state index contributed by atoms with van der Waals surface area (Å²) in [4.78, 5) is 15.2. The Kier molecular flexibility index (Phi) is 3.82. The Morgan fingerprint density at radius 2 is 1.76 bits per heavy atom. The summed E-state index contributed by atoms with van der Waals surface area (Å²) in [5.74, 6) is 0.610. The maximum Gasteiger partial charge on any atom is 0.417 e. The van der Waals surface area contributed by atoms with E-state index in [1.54, 1.807) is 12.3 Å². The fourth-order valence-electron chi connectivity index (χ4n) is 3.08. The predicted octanol–water partition coefficient (Wildman–Crippen LogP) is 3.80. The van der Waals surface area contributed by atoms with Crippen LogP contribution in [0.4, 0.5) is 19.1 Å². The molecule has 0 amide bonds. The van der Waals surface area contributed by atoms with E-state index in [1.807, 2.05) is 0 Å². The van der Waals surface area contributed by atoms with Crippen LogP contribution in [-0.4, -0.2) is 32.4 Å². The van der Waals surface area contributed by atoms with Crippen LogP contribution in [0.25, 0.3) is 17.0 Å². The fraction of sp³-hybridized carbons (Fsp3) is 0.353. The molecule has 0 N–H and O–H groups in total. The molecule has 25 heavy (non-hydrogen) atoms. The van der Waals surface area contributed by atoms with Gasteiger partial charge in [0.2, 0.25) is 5.95 Å². The van der Waals surface area contributed by atoms with Crippen LogP contribution in [0.1, 0.15) is 24.8 Å². The van der Waals surface area contributed by atoms with E-state index in [9.17, 15) is 13.2 Å². The van der Waals surface area contributed by atoms with E-state index in [1.165, 1.54) is 23.1 Å². The Bertz CT molecular complexity index is 897. The molecule has 5 nitrogen and oxygen atoms in total. The molecular weight excluding hydrogens is 331 g/mol. The number of halogens is 3. The summed E-state index contributed by atoms with van der Waals surface area (Å²) in [6.07, 6.45) is 3.22. The van der Waals surface area contributed by atoms with Gasteiger partial charge in [0.05, 0.1) is 23.1 Å². The number of alkyl halides is 3. The van der Waals surface area contributed by atoms with Gasteiger partial charge in [-0.05, 0) is 37.5 Å². The SMILES string of the molecule is FC(F)(F)c1ccc2ncc(-c3ccnc(N4CCCCC4)n3)n2c1. The van der Waals surface area contributed by atoms with E-state index in [0.717, 1.165) is 38.2 Å². The number of rotatable bonds is 2. The topological polar surface area (TPSA) is 46.3 Å². The third kappa shape index (κ3) is 3.04. The van der Waals surface area contributed by atoms with Gasteiger partial charge in [0.1, 0.15) is 5.65 Å². The lowest BCUT2D eigenvalue weighted by Crippen LogP contribution is -2.31. The highest BCUT2D eigenvalue weighted by atomic mass is 19.4. The third-order valence-electron chi connectivity index (χ3n) is 4.38. The summed E-state index contributed by atoms with van der Waals surface area (Å²) in [5.41, 5.74) is 0.801.